The molecular weight excluding hydrogens is 315 g/mol. The lowest BCUT2D eigenvalue weighted by Gasteiger charge is -2.13. The molecule has 16 heavy (non-hydrogen) atoms. The van der Waals surface area contributed by atoms with Gasteiger partial charge < -0.3 is 5.21 Å². The topological polar surface area (TPSA) is 39.8 Å². The van der Waals surface area contributed by atoms with Crippen LogP contribution in [0.5, 0.6) is 0 Å². The van der Waals surface area contributed by atoms with Gasteiger partial charge in [0.1, 0.15) is 5.69 Å². The van der Waals surface area contributed by atoms with Gasteiger partial charge in [-0.1, -0.05) is 13.8 Å². The molecule has 0 spiro atoms. The Morgan fingerprint density at radius 2 is 2.06 bits per heavy atom. The zero-order chi connectivity index (χ0) is 11.9. The van der Waals surface area contributed by atoms with Crippen LogP contribution in [0, 0.1) is 15.7 Å². The molecule has 0 aliphatic heterocycles. The molecule has 0 bridgehead atoms. The van der Waals surface area contributed by atoms with Crippen molar-refractivity contribution in [1.82, 2.24) is 4.98 Å². The first-order valence-corrected chi connectivity index (χ1v) is 6.28. The third-order valence-corrected chi connectivity index (χ3v) is 3.28. The minimum Gasteiger partial charge on any atom is -0.711 e. The summed E-state index contributed by atoms with van der Waals surface area (Å²) in [5.41, 5.74) is 1.63. The number of hydrogen-bond acceptors (Lipinski definition) is 2. The average molecular weight is 328 g/mol. The van der Waals surface area contributed by atoms with Crippen molar-refractivity contribution in [2.45, 2.75) is 26.7 Å². The second kappa shape index (κ2) is 4.16. The zero-order valence-electron chi connectivity index (χ0n) is 9.49. The lowest BCUT2D eigenvalue weighted by atomic mass is 10.1. The van der Waals surface area contributed by atoms with Crippen LogP contribution in [0.15, 0.2) is 18.2 Å². The molecule has 4 heteroatoms. The molecule has 0 radical (unpaired) electrons. The maximum absolute atomic E-state index is 12.0. The second-order valence-electron chi connectivity index (χ2n) is 4.17. The maximum Gasteiger partial charge on any atom is 0.304 e. The van der Waals surface area contributed by atoms with E-state index in [1.807, 2.05) is 39.0 Å². The van der Waals surface area contributed by atoms with Crippen molar-refractivity contribution in [3.63, 3.8) is 0 Å². The summed E-state index contributed by atoms with van der Waals surface area (Å²) in [6.07, 6.45) is 0. The molecular formula is C12H13IN2O. The molecule has 0 aliphatic carbocycles. The fraction of sp³-hybridized carbons (Fsp3) is 0.333. The molecule has 2 rings (SSSR count). The molecule has 1 aromatic carbocycles. The Kier molecular flexibility index (Phi) is 3.01. The molecule has 0 saturated heterocycles. The third-order valence-electron chi connectivity index (χ3n) is 2.61. The predicted molar refractivity (Wildman–Crippen MR) is 72.2 cm³/mol. The van der Waals surface area contributed by atoms with E-state index >= 15 is 0 Å². The lowest BCUT2D eigenvalue weighted by Crippen LogP contribution is -2.37. The molecule has 0 aliphatic rings. The van der Waals surface area contributed by atoms with Crippen molar-refractivity contribution in [2.75, 3.05) is 0 Å². The Hall–Kier alpha value is -0.910. The highest BCUT2D eigenvalue weighted by molar-refractivity contribution is 14.1. The Morgan fingerprint density at radius 3 is 2.69 bits per heavy atom. The van der Waals surface area contributed by atoms with Crippen LogP contribution in [0.2, 0.25) is 0 Å². The number of hydrogen-bond donors (Lipinski definition) is 0. The van der Waals surface area contributed by atoms with Gasteiger partial charge in [0, 0.05) is 3.57 Å². The standard InChI is InChI=1S/C12H13IN2O/c1-7(2)12-14-11-5-4-9(13)6-10(11)8(3)15(12)16/h4-7H,1-3H3. The molecule has 0 N–H and O–H groups in total. The van der Waals surface area contributed by atoms with Crippen LogP contribution in [0.3, 0.4) is 0 Å². The van der Waals surface area contributed by atoms with E-state index in [9.17, 15) is 5.21 Å². The summed E-state index contributed by atoms with van der Waals surface area (Å²) in [5, 5.41) is 12.9. The highest BCUT2D eigenvalue weighted by atomic mass is 127. The first kappa shape index (κ1) is 11.6. The number of nitrogens with zero attached hydrogens (tertiary/aromatic N) is 2. The number of aryl methyl sites for hydroxylation is 1. The molecule has 0 saturated carbocycles. The van der Waals surface area contributed by atoms with Crippen molar-refractivity contribution in [3.05, 3.63) is 38.5 Å². The summed E-state index contributed by atoms with van der Waals surface area (Å²) >= 11 is 2.24. The molecule has 0 atom stereocenters. The number of halogens is 1. The molecule has 0 unspecified atom stereocenters. The largest absolute Gasteiger partial charge is 0.711 e. The van der Waals surface area contributed by atoms with E-state index in [0.29, 0.717) is 5.82 Å². The van der Waals surface area contributed by atoms with E-state index in [1.165, 1.54) is 0 Å². The number of aromatic nitrogens is 2. The van der Waals surface area contributed by atoms with Gasteiger partial charge in [0.15, 0.2) is 5.52 Å². The maximum atomic E-state index is 12.0. The van der Waals surface area contributed by atoms with Gasteiger partial charge in [-0.25, -0.2) is 4.73 Å². The van der Waals surface area contributed by atoms with Crippen LogP contribution in [-0.4, -0.2) is 4.98 Å². The van der Waals surface area contributed by atoms with Crippen molar-refractivity contribution in [1.29, 1.82) is 0 Å². The van der Waals surface area contributed by atoms with E-state index in [-0.39, 0.29) is 5.92 Å². The van der Waals surface area contributed by atoms with E-state index < -0.39 is 0 Å². The molecule has 3 nitrogen and oxygen atoms in total. The number of fused-ring (bicyclic) bond motifs is 1. The van der Waals surface area contributed by atoms with Gasteiger partial charge in [0.2, 0.25) is 0 Å². The number of benzene rings is 1. The van der Waals surface area contributed by atoms with Gasteiger partial charge in [-0.2, -0.15) is 0 Å². The van der Waals surface area contributed by atoms with Gasteiger partial charge >= 0.3 is 5.82 Å². The molecule has 0 fully saturated rings. The zero-order valence-corrected chi connectivity index (χ0v) is 11.6. The van der Waals surface area contributed by atoms with Crippen molar-refractivity contribution in [2.24, 2.45) is 0 Å². The number of rotatable bonds is 1. The highest BCUT2D eigenvalue weighted by Crippen LogP contribution is 2.19. The van der Waals surface area contributed by atoms with Crippen molar-refractivity contribution >= 4 is 33.5 Å². The third kappa shape index (κ3) is 1.86. The van der Waals surface area contributed by atoms with Gasteiger partial charge in [-0.3, -0.25) is 0 Å². The van der Waals surface area contributed by atoms with Crippen LogP contribution in [-0.2, 0) is 0 Å². The Balaban J connectivity index is 2.83. The Morgan fingerprint density at radius 1 is 1.38 bits per heavy atom. The van der Waals surface area contributed by atoms with Gasteiger partial charge in [0.25, 0.3) is 0 Å². The van der Waals surface area contributed by atoms with E-state index in [2.05, 4.69) is 27.6 Å². The van der Waals surface area contributed by atoms with E-state index in [0.717, 1.165) is 24.9 Å². The molecule has 1 aromatic heterocycles. The summed E-state index contributed by atoms with van der Waals surface area (Å²) in [5.74, 6) is 0.728. The second-order valence-corrected chi connectivity index (χ2v) is 5.41. The fourth-order valence-electron chi connectivity index (χ4n) is 1.71. The quantitative estimate of drug-likeness (QED) is 0.459. The average Bonchev–Trinajstić information content (AvgIpc) is 2.23. The first-order valence-electron chi connectivity index (χ1n) is 5.20. The minimum absolute atomic E-state index is 0.139. The predicted octanol–water partition coefficient (Wildman–Crippen LogP) is 2.90. The van der Waals surface area contributed by atoms with E-state index in [4.69, 9.17) is 0 Å². The summed E-state index contributed by atoms with van der Waals surface area (Å²) < 4.78 is 2.07. The van der Waals surface area contributed by atoms with Crippen LogP contribution in [0.1, 0.15) is 31.3 Å². The van der Waals surface area contributed by atoms with E-state index in [1.54, 1.807) is 0 Å². The molecule has 84 valence electrons. The Bertz CT molecular complexity index is 552. The normalized spacial score (nSPS) is 11.3. The lowest BCUT2D eigenvalue weighted by molar-refractivity contribution is -0.623. The summed E-state index contributed by atoms with van der Waals surface area (Å²) in [6.45, 7) is 5.81. The summed E-state index contributed by atoms with van der Waals surface area (Å²) in [7, 11) is 0. The smallest absolute Gasteiger partial charge is 0.304 e. The van der Waals surface area contributed by atoms with Crippen molar-refractivity contribution in [3.8, 4) is 0 Å². The van der Waals surface area contributed by atoms with Gasteiger partial charge in [-0.05, 0) is 52.7 Å². The van der Waals surface area contributed by atoms with Crippen molar-refractivity contribution < 1.29 is 4.73 Å². The van der Waals surface area contributed by atoms with Crippen LogP contribution in [0.4, 0.5) is 0 Å². The van der Waals surface area contributed by atoms with Gasteiger partial charge in [0.05, 0.1) is 11.3 Å². The van der Waals surface area contributed by atoms with Crippen LogP contribution >= 0.6 is 22.6 Å². The highest BCUT2D eigenvalue weighted by Gasteiger charge is 2.18. The molecule has 0 amide bonds. The summed E-state index contributed by atoms with van der Waals surface area (Å²) in [4.78, 5) is 4.42. The Labute approximate surface area is 108 Å². The molecule has 2 aromatic rings. The molecule has 1 heterocycles. The summed E-state index contributed by atoms with van der Waals surface area (Å²) in [6, 6.07) is 5.97. The van der Waals surface area contributed by atoms with Gasteiger partial charge in [-0.15, -0.1) is 0 Å². The van der Waals surface area contributed by atoms with Crippen LogP contribution < -0.4 is 4.73 Å². The minimum atomic E-state index is 0.139. The fourth-order valence-corrected chi connectivity index (χ4v) is 2.20. The first-order chi connectivity index (χ1) is 7.50. The monoisotopic (exact) mass is 328 g/mol. The SMILES string of the molecule is Cc1c2cc(I)ccc2nc(C(C)C)[n+]1[O-]. The van der Waals surface area contributed by atoms with Crippen LogP contribution in [0.25, 0.3) is 10.9 Å².